The molecule has 6 nitrogen and oxygen atoms in total. The third-order valence-electron chi connectivity index (χ3n) is 8.23. The minimum absolute atomic E-state index is 0.0876. The number of hydrogen-bond acceptors (Lipinski definition) is 6. The number of hydrogen-bond donors (Lipinski definition) is 0. The van der Waals surface area contributed by atoms with Crippen LogP contribution < -0.4 is 0 Å². The summed E-state index contributed by atoms with van der Waals surface area (Å²) >= 11 is 0. The molecule has 4 rings (SSSR count). The van der Waals surface area contributed by atoms with E-state index in [-0.39, 0.29) is 17.3 Å². The van der Waals surface area contributed by atoms with Crippen LogP contribution in [-0.2, 0) is 24.7 Å². The summed E-state index contributed by atoms with van der Waals surface area (Å²) in [6.45, 7) is 9.06. The van der Waals surface area contributed by atoms with Gasteiger partial charge in [0.25, 0.3) is 0 Å². The van der Waals surface area contributed by atoms with Crippen LogP contribution >= 0.6 is 0 Å². The molecule has 6 heteroatoms. The second-order valence-corrected chi connectivity index (χ2v) is 10.3. The van der Waals surface area contributed by atoms with E-state index >= 15 is 0 Å². The van der Waals surface area contributed by atoms with Crippen molar-refractivity contribution in [2.45, 2.75) is 85.0 Å². The van der Waals surface area contributed by atoms with Crippen LogP contribution in [0.15, 0.2) is 52.8 Å². The fraction of sp³-hybridized carbons (Fsp3) is 0.484. The minimum atomic E-state index is -0.473. The van der Waals surface area contributed by atoms with Gasteiger partial charge in [0.2, 0.25) is 0 Å². The molecule has 0 saturated heterocycles. The molecule has 37 heavy (non-hydrogen) atoms. The number of carbonyl (C=O) groups is 2. The zero-order chi connectivity index (χ0) is 26.6. The fourth-order valence-corrected chi connectivity index (χ4v) is 6.45. The fourth-order valence-electron chi connectivity index (χ4n) is 6.45. The molecular weight excluding hydrogens is 464 g/mol. The molecule has 0 aromatic heterocycles. The average Bonchev–Trinajstić information content (AvgIpc) is 3.19. The number of nitrogens with zero attached hydrogens (tertiary/aromatic N) is 2. The average molecular weight is 503 g/mol. The van der Waals surface area contributed by atoms with Gasteiger partial charge in [-0.05, 0) is 66.8 Å². The van der Waals surface area contributed by atoms with E-state index in [1.165, 1.54) is 42.5 Å². The minimum Gasteiger partial charge on any atom is -0.319 e. The Kier molecular flexibility index (Phi) is 8.25. The molecule has 0 radical (unpaired) electrons. The molecule has 1 unspecified atom stereocenters. The van der Waals surface area contributed by atoms with Gasteiger partial charge < -0.3 is 9.68 Å². The predicted molar refractivity (Wildman–Crippen MR) is 146 cm³/mol. The van der Waals surface area contributed by atoms with E-state index in [0.717, 1.165) is 44.1 Å². The standard InChI is InChI=1S/C31H38N2O4/c1-6-31(7-2)27-16-12-11-15-25(27)26-18-17-24(19-28(26)31)30(33-37-22(5)35)29(20(3)32-36-21(4)34)23-13-9-8-10-14-23/h11-12,15-19,23,29H,6-10,13-14H2,1-5H3/b32-20+,33-30+. The SMILES string of the molecule is CCC1(CC)c2ccccc2-c2ccc(/C(=N\OC(C)=O)C(/C(C)=N/OC(C)=O)C3CCCCC3)cc21. The summed E-state index contributed by atoms with van der Waals surface area (Å²) in [5.74, 6) is -0.918. The Labute approximate surface area is 220 Å². The summed E-state index contributed by atoms with van der Waals surface area (Å²) in [4.78, 5) is 33.7. The monoisotopic (exact) mass is 502 g/mol. The van der Waals surface area contributed by atoms with Crippen molar-refractivity contribution in [2.24, 2.45) is 22.1 Å². The van der Waals surface area contributed by atoms with Gasteiger partial charge in [0.1, 0.15) is 0 Å². The van der Waals surface area contributed by atoms with Crippen LogP contribution in [0.25, 0.3) is 11.1 Å². The van der Waals surface area contributed by atoms with Gasteiger partial charge in [0.05, 0.1) is 11.4 Å². The van der Waals surface area contributed by atoms with E-state index in [2.05, 4.69) is 66.6 Å². The summed E-state index contributed by atoms with van der Waals surface area (Å²) in [6, 6.07) is 15.2. The quantitative estimate of drug-likeness (QED) is 0.218. The molecule has 2 aliphatic carbocycles. The molecule has 2 aliphatic rings. The van der Waals surface area contributed by atoms with Crippen molar-refractivity contribution in [3.05, 3.63) is 59.2 Å². The second kappa shape index (κ2) is 11.4. The molecule has 1 atom stereocenters. The molecule has 2 aromatic rings. The topological polar surface area (TPSA) is 77.3 Å². The third kappa shape index (κ3) is 5.25. The van der Waals surface area contributed by atoms with E-state index < -0.39 is 11.9 Å². The number of benzene rings is 2. The largest absolute Gasteiger partial charge is 0.331 e. The van der Waals surface area contributed by atoms with Crippen LogP contribution in [0.5, 0.6) is 0 Å². The Balaban J connectivity index is 1.88. The molecule has 0 N–H and O–H groups in total. The van der Waals surface area contributed by atoms with E-state index in [9.17, 15) is 9.59 Å². The van der Waals surface area contributed by atoms with Gasteiger partial charge in [-0.15, -0.1) is 0 Å². The molecule has 0 aliphatic heterocycles. The normalized spacial score (nSPS) is 18.1. The van der Waals surface area contributed by atoms with E-state index in [0.29, 0.717) is 11.4 Å². The van der Waals surface area contributed by atoms with Gasteiger partial charge in [-0.1, -0.05) is 79.8 Å². The van der Waals surface area contributed by atoms with Gasteiger partial charge in [0, 0.05) is 30.7 Å². The number of carbonyl (C=O) groups excluding carboxylic acids is 2. The van der Waals surface area contributed by atoms with Crippen LogP contribution in [0.4, 0.5) is 0 Å². The highest BCUT2D eigenvalue weighted by Gasteiger charge is 2.41. The Morgan fingerprint density at radius 3 is 2.14 bits per heavy atom. The van der Waals surface area contributed by atoms with Crippen molar-refractivity contribution in [2.75, 3.05) is 0 Å². The number of rotatable bonds is 8. The maximum absolute atomic E-state index is 11.9. The van der Waals surface area contributed by atoms with Crippen molar-refractivity contribution in [1.29, 1.82) is 0 Å². The first kappa shape index (κ1) is 26.8. The van der Waals surface area contributed by atoms with Gasteiger partial charge in [0.15, 0.2) is 0 Å². The first-order valence-corrected chi connectivity index (χ1v) is 13.5. The van der Waals surface area contributed by atoms with E-state index in [1.54, 1.807) is 0 Å². The van der Waals surface area contributed by atoms with Crippen LogP contribution in [0.2, 0.25) is 0 Å². The van der Waals surface area contributed by atoms with Crippen LogP contribution in [0.1, 0.15) is 96.3 Å². The molecule has 0 bridgehead atoms. The maximum atomic E-state index is 11.9. The molecular formula is C31H38N2O4. The van der Waals surface area contributed by atoms with Gasteiger partial charge in [-0.3, -0.25) is 0 Å². The molecule has 0 spiro atoms. The summed E-state index contributed by atoms with van der Waals surface area (Å²) in [7, 11) is 0. The zero-order valence-corrected chi connectivity index (χ0v) is 22.7. The summed E-state index contributed by atoms with van der Waals surface area (Å²) in [6.07, 6.45) is 7.43. The first-order chi connectivity index (χ1) is 17.8. The number of fused-ring (bicyclic) bond motifs is 3. The highest BCUT2D eigenvalue weighted by atomic mass is 16.7. The van der Waals surface area contributed by atoms with E-state index in [4.69, 9.17) is 9.68 Å². The lowest BCUT2D eigenvalue weighted by Gasteiger charge is -2.32. The highest BCUT2D eigenvalue weighted by molar-refractivity contribution is 6.15. The third-order valence-corrected chi connectivity index (χ3v) is 8.23. The van der Waals surface area contributed by atoms with Crippen LogP contribution in [0, 0.1) is 11.8 Å². The molecule has 0 heterocycles. The summed E-state index contributed by atoms with van der Waals surface area (Å²) in [5.41, 5.74) is 7.31. The zero-order valence-electron chi connectivity index (χ0n) is 22.7. The summed E-state index contributed by atoms with van der Waals surface area (Å²) in [5, 5.41) is 8.62. The Morgan fingerprint density at radius 2 is 1.49 bits per heavy atom. The molecule has 1 fully saturated rings. The highest BCUT2D eigenvalue weighted by Crippen LogP contribution is 2.53. The Morgan fingerprint density at radius 1 is 0.865 bits per heavy atom. The second-order valence-electron chi connectivity index (χ2n) is 10.3. The first-order valence-electron chi connectivity index (χ1n) is 13.5. The van der Waals surface area contributed by atoms with Crippen molar-refractivity contribution < 1.29 is 19.3 Å². The lowest BCUT2D eigenvalue weighted by Crippen LogP contribution is -2.33. The Hall–Kier alpha value is -3.28. The Bertz CT molecular complexity index is 1220. The maximum Gasteiger partial charge on any atom is 0.331 e. The van der Waals surface area contributed by atoms with Gasteiger partial charge in [-0.2, -0.15) is 0 Å². The van der Waals surface area contributed by atoms with Gasteiger partial charge in [-0.25, -0.2) is 9.59 Å². The molecule has 196 valence electrons. The van der Waals surface area contributed by atoms with Crippen molar-refractivity contribution >= 4 is 23.4 Å². The smallest absolute Gasteiger partial charge is 0.319 e. The van der Waals surface area contributed by atoms with Crippen LogP contribution in [-0.4, -0.2) is 23.4 Å². The van der Waals surface area contributed by atoms with E-state index in [1.807, 2.05) is 6.92 Å². The lowest BCUT2D eigenvalue weighted by atomic mass is 9.72. The molecule has 0 amide bonds. The van der Waals surface area contributed by atoms with Crippen molar-refractivity contribution in [3.8, 4) is 11.1 Å². The number of oxime groups is 2. The van der Waals surface area contributed by atoms with Crippen molar-refractivity contribution in [1.82, 2.24) is 0 Å². The molecule has 2 aromatic carbocycles. The summed E-state index contributed by atoms with van der Waals surface area (Å²) < 4.78 is 0. The van der Waals surface area contributed by atoms with Gasteiger partial charge >= 0.3 is 11.9 Å². The molecule has 1 saturated carbocycles. The van der Waals surface area contributed by atoms with Crippen LogP contribution in [0.3, 0.4) is 0 Å². The lowest BCUT2D eigenvalue weighted by molar-refractivity contribution is -0.141. The predicted octanol–water partition coefficient (Wildman–Crippen LogP) is 7.18. The van der Waals surface area contributed by atoms with Crippen molar-refractivity contribution in [3.63, 3.8) is 0 Å².